The summed E-state index contributed by atoms with van der Waals surface area (Å²) in [5, 5.41) is 55.7. The number of ether oxygens (including phenoxy) is 2. The van der Waals surface area contributed by atoms with Crippen LogP contribution in [0, 0.1) is 0 Å². The van der Waals surface area contributed by atoms with Crippen LogP contribution in [0.1, 0.15) is 20.7 Å². The first-order valence-corrected chi connectivity index (χ1v) is 6.54. The van der Waals surface area contributed by atoms with Crippen molar-refractivity contribution in [2.75, 3.05) is 6.79 Å². The van der Waals surface area contributed by atoms with Crippen molar-refractivity contribution in [3.63, 3.8) is 0 Å². The quantitative estimate of drug-likeness (QED) is 0.198. The molecule has 6 N–H and O–H groups in total. The minimum atomic E-state index is -1.46. The Morgan fingerprint density at radius 3 is 1.88 bits per heavy atom. The third kappa shape index (κ3) is 3.75. The van der Waals surface area contributed by atoms with E-state index in [9.17, 15) is 35.1 Å². The van der Waals surface area contributed by atoms with Crippen molar-refractivity contribution in [3.8, 4) is 34.5 Å². The Morgan fingerprint density at radius 1 is 0.760 bits per heavy atom. The number of aromatic carboxylic acids is 1. The van der Waals surface area contributed by atoms with Crippen LogP contribution in [-0.4, -0.2) is 49.4 Å². The maximum Gasteiger partial charge on any atom is 0.344 e. The molecular formula is C15H12O10. The smallest absolute Gasteiger partial charge is 0.344 e. The van der Waals surface area contributed by atoms with E-state index in [1.807, 2.05) is 0 Å². The zero-order valence-electron chi connectivity index (χ0n) is 12.3. The third-order valence-electron chi connectivity index (χ3n) is 3.02. The van der Waals surface area contributed by atoms with Crippen molar-refractivity contribution in [2.24, 2.45) is 0 Å². The molecule has 0 aliphatic heterocycles. The zero-order valence-corrected chi connectivity index (χ0v) is 12.3. The number of carboxylic acid groups (broad SMARTS) is 1. The minimum absolute atomic E-state index is 0.381. The third-order valence-corrected chi connectivity index (χ3v) is 3.02. The van der Waals surface area contributed by atoms with Crippen LogP contribution in [0.3, 0.4) is 0 Å². The highest BCUT2D eigenvalue weighted by Gasteiger charge is 2.19. The lowest BCUT2D eigenvalue weighted by Gasteiger charge is -2.11. The molecule has 0 aromatic heterocycles. The van der Waals surface area contributed by atoms with E-state index in [4.69, 9.17) is 9.84 Å². The average Bonchev–Trinajstić information content (AvgIpc) is 2.53. The van der Waals surface area contributed by atoms with Gasteiger partial charge in [-0.2, -0.15) is 0 Å². The molecule has 25 heavy (non-hydrogen) atoms. The highest BCUT2D eigenvalue weighted by Crippen LogP contribution is 2.34. The van der Waals surface area contributed by atoms with Crippen LogP contribution in [0.2, 0.25) is 0 Å². The Kier molecular flexibility index (Phi) is 4.73. The molecule has 0 saturated heterocycles. The average molecular weight is 352 g/mol. The summed E-state index contributed by atoms with van der Waals surface area (Å²) in [6.45, 7) is -0.801. The monoisotopic (exact) mass is 352 g/mol. The summed E-state index contributed by atoms with van der Waals surface area (Å²) in [6, 6.07) is 3.06. The number of aromatic hydroxyl groups is 5. The van der Waals surface area contributed by atoms with Gasteiger partial charge >= 0.3 is 11.9 Å². The number of benzene rings is 2. The standard InChI is InChI=1S/C15H12O10/c16-8-3-11(19)9(17)1-6(8)15(23)25-5-24-13-4-12(20)10(18)2-7(13)14(21)22/h1-4,16-20H,5H2,(H,21,22). The number of carbonyl (C=O) groups excluding carboxylic acids is 1. The second kappa shape index (κ2) is 6.74. The number of hydrogen-bond acceptors (Lipinski definition) is 9. The summed E-state index contributed by atoms with van der Waals surface area (Å²) in [5.41, 5.74) is -0.956. The first-order valence-electron chi connectivity index (χ1n) is 6.54. The normalized spacial score (nSPS) is 10.2. The molecule has 0 bridgehead atoms. The predicted molar refractivity (Wildman–Crippen MR) is 79.1 cm³/mol. The Balaban J connectivity index is 2.11. The minimum Gasteiger partial charge on any atom is -0.507 e. The number of carboxylic acids is 1. The summed E-state index contributed by atoms with van der Waals surface area (Å²) in [7, 11) is 0. The SMILES string of the molecule is O=C(OCOc1cc(O)c(O)cc1C(=O)O)c1cc(O)c(O)cc1O. The number of esters is 1. The molecule has 0 heterocycles. The van der Waals surface area contributed by atoms with Crippen LogP contribution < -0.4 is 4.74 Å². The van der Waals surface area contributed by atoms with Gasteiger partial charge in [0.1, 0.15) is 22.6 Å². The number of hydrogen-bond donors (Lipinski definition) is 6. The molecule has 2 aromatic rings. The van der Waals surface area contributed by atoms with Gasteiger partial charge < -0.3 is 40.1 Å². The summed E-state index contributed by atoms with van der Waals surface area (Å²) in [6.07, 6.45) is 0. The van der Waals surface area contributed by atoms with Crippen molar-refractivity contribution >= 4 is 11.9 Å². The molecule has 132 valence electrons. The summed E-state index contributed by atoms with van der Waals surface area (Å²) in [4.78, 5) is 22.9. The van der Waals surface area contributed by atoms with Gasteiger partial charge in [0, 0.05) is 24.3 Å². The molecule has 0 amide bonds. The Morgan fingerprint density at radius 2 is 1.28 bits per heavy atom. The highest BCUT2D eigenvalue weighted by molar-refractivity contribution is 5.93. The molecule has 0 radical (unpaired) electrons. The number of phenols is 5. The first-order chi connectivity index (χ1) is 11.7. The summed E-state index contributed by atoms with van der Waals surface area (Å²) in [5.74, 6) is -6.26. The van der Waals surface area contributed by atoms with Crippen molar-refractivity contribution in [1.29, 1.82) is 0 Å². The molecule has 10 heteroatoms. The zero-order chi connectivity index (χ0) is 18.7. The van der Waals surface area contributed by atoms with Crippen LogP contribution >= 0.6 is 0 Å². The van der Waals surface area contributed by atoms with Gasteiger partial charge in [-0.15, -0.1) is 0 Å². The van der Waals surface area contributed by atoms with Gasteiger partial charge in [0.25, 0.3) is 0 Å². The van der Waals surface area contributed by atoms with Gasteiger partial charge in [0.2, 0.25) is 6.79 Å². The first kappa shape index (κ1) is 17.5. The molecule has 10 nitrogen and oxygen atoms in total. The van der Waals surface area contributed by atoms with Crippen LogP contribution in [0.15, 0.2) is 24.3 Å². The molecule has 0 saturated carbocycles. The number of phenolic OH excluding ortho intramolecular Hbond substituents is 5. The molecule has 0 aliphatic carbocycles. The van der Waals surface area contributed by atoms with Gasteiger partial charge in [-0.3, -0.25) is 0 Å². The largest absolute Gasteiger partial charge is 0.507 e. The maximum atomic E-state index is 11.8. The molecule has 0 spiro atoms. The molecule has 2 rings (SSSR count). The second-order valence-corrected chi connectivity index (χ2v) is 4.69. The van der Waals surface area contributed by atoms with E-state index in [0.717, 1.165) is 24.3 Å². The molecule has 0 aliphatic rings. The van der Waals surface area contributed by atoms with Crippen molar-refractivity contribution in [3.05, 3.63) is 35.4 Å². The molecular weight excluding hydrogens is 340 g/mol. The predicted octanol–water partition coefficient (Wildman–Crippen LogP) is 1.11. The van der Waals surface area contributed by atoms with E-state index in [1.54, 1.807) is 0 Å². The topological polar surface area (TPSA) is 174 Å². The molecule has 0 unspecified atom stereocenters. The Hall–Kier alpha value is -3.82. The van der Waals surface area contributed by atoms with Crippen LogP contribution in [0.25, 0.3) is 0 Å². The van der Waals surface area contributed by atoms with Crippen molar-refractivity contribution in [1.82, 2.24) is 0 Å². The molecule has 2 aromatic carbocycles. The van der Waals surface area contributed by atoms with Crippen molar-refractivity contribution in [2.45, 2.75) is 0 Å². The number of rotatable bonds is 5. The molecule has 0 atom stereocenters. The highest BCUT2D eigenvalue weighted by atomic mass is 16.7. The summed E-state index contributed by atoms with van der Waals surface area (Å²) < 4.78 is 9.59. The van der Waals surface area contributed by atoms with E-state index < -0.39 is 58.6 Å². The van der Waals surface area contributed by atoms with E-state index in [-0.39, 0.29) is 5.75 Å². The van der Waals surface area contributed by atoms with Crippen LogP contribution in [0.4, 0.5) is 0 Å². The van der Waals surface area contributed by atoms with E-state index in [0.29, 0.717) is 0 Å². The maximum absolute atomic E-state index is 11.8. The van der Waals surface area contributed by atoms with Gasteiger partial charge in [0.15, 0.2) is 23.0 Å². The fourth-order valence-corrected chi connectivity index (χ4v) is 1.80. The number of carbonyl (C=O) groups is 2. The fourth-order valence-electron chi connectivity index (χ4n) is 1.80. The fraction of sp³-hybridized carbons (Fsp3) is 0.0667. The van der Waals surface area contributed by atoms with E-state index in [1.165, 1.54) is 0 Å². The lowest BCUT2D eigenvalue weighted by molar-refractivity contribution is 0.0147. The van der Waals surface area contributed by atoms with E-state index in [2.05, 4.69) is 4.74 Å². The van der Waals surface area contributed by atoms with Crippen LogP contribution in [-0.2, 0) is 4.74 Å². The van der Waals surface area contributed by atoms with E-state index >= 15 is 0 Å². The van der Waals surface area contributed by atoms with Gasteiger partial charge in [-0.25, -0.2) is 9.59 Å². The van der Waals surface area contributed by atoms with Gasteiger partial charge in [-0.05, 0) is 0 Å². The van der Waals surface area contributed by atoms with Gasteiger partial charge in [0.05, 0.1) is 0 Å². The Bertz CT molecular complexity index is 843. The lowest BCUT2D eigenvalue weighted by atomic mass is 10.2. The second-order valence-electron chi connectivity index (χ2n) is 4.69. The van der Waals surface area contributed by atoms with Gasteiger partial charge in [-0.1, -0.05) is 0 Å². The van der Waals surface area contributed by atoms with Crippen LogP contribution in [0.5, 0.6) is 34.5 Å². The summed E-state index contributed by atoms with van der Waals surface area (Å²) >= 11 is 0. The Labute approximate surface area is 139 Å². The van der Waals surface area contributed by atoms with Crippen molar-refractivity contribution < 1.29 is 49.7 Å². The lowest BCUT2D eigenvalue weighted by Crippen LogP contribution is -2.12. The molecule has 0 fully saturated rings.